The minimum atomic E-state index is 0.235. The number of phenols is 1. The minimum absolute atomic E-state index is 0.235. The van der Waals surface area contributed by atoms with E-state index in [0.717, 1.165) is 36.6 Å². The summed E-state index contributed by atoms with van der Waals surface area (Å²) in [5.74, 6) is 1.31. The summed E-state index contributed by atoms with van der Waals surface area (Å²) in [4.78, 5) is 6.88. The van der Waals surface area contributed by atoms with E-state index in [4.69, 9.17) is 4.74 Å². The van der Waals surface area contributed by atoms with Crippen LogP contribution in [0, 0.1) is 0 Å². The lowest BCUT2D eigenvalue weighted by atomic mass is 10.2. The zero-order chi connectivity index (χ0) is 16.9. The van der Waals surface area contributed by atoms with Crippen molar-refractivity contribution in [1.82, 2.24) is 10.3 Å². The Hall–Kier alpha value is -2.11. The maximum Gasteiger partial charge on any atom is 0.128 e. The Balaban J connectivity index is 1.53. The van der Waals surface area contributed by atoms with Crippen molar-refractivity contribution in [1.29, 1.82) is 0 Å². The molecule has 1 saturated heterocycles. The Morgan fingerprint density at radius 2 is 1.88 bits per heavy atom. The predicted octanol–water partition coefficient (Wildman–Crippen LogP) is 2.69. The second-order valence-electron chi connectivity index (χ2n) is 6.46. The van der Waals surface area contributed by atoms with Gasteiger partial charge in [0.1, 0.15) is 11.6 Å². The summed E-state index contributed by atoms with van der Waals surface area (Å²) in [5.41, 5.74) is 2.21. The predicted molar refractivity (Wildman–Crippen MR) is 95.1 cm³/mol. The molecule has 1 aliphatic rings. The van der Waals surface area contributed by atoms with Crippen molar-refractivity contribution in [3.05, 3.63) is 53.7 Å². The molecule has 1 aromatic heterocycles. The molecule has 0 saturated carbocycles. The molecule has 128 valence electrons. The Morgan fingerprint density at radius 1 is 1.12 bits per heavy atom. The van der Waals surface area contributed by atoms with Gasteiger partial charge >= 0.3 is 0 Å². The summed E-state index contributed by atoms with van der Waals surface area (Å²) >= 11 is 0. The fourth-order valence-corrected chi connectivity index (χ4v) is 3.09. The number of morpholine rings is 1. The lowest BCUT2D eigenvalue weighted by Crippen LogP contribution is -2.45. The lowest BCUT2D eigenvalue weighted by molar-refractivity contribution is -0.00545. The number of hydrogen-bond donors (Lipinski definition) is 2. The number of anilines is 1. The molecular weight excluding hydrogens is 302 g/mol. The highest BCUT2D eigenvalue weighted by Crippen LogP contribution is 2.18. The standard InChI is InChI=1S/C19H25N3O2/c1-14-12-22(13-15(2)24-14)19-7-6-17(11-21-19)10-20-9-16-4-3-5-18(23)8-16/h3-8,11,14-15,20,23H,9-10,12-13H2,1-2H3. The first-order valence-corrected chi connectivity index (χ1v) is 8.44. The average molecular weight is 327 g/mol. The summed E-state index contributed by atoms with van der Waals surface area (Å²) in [6.45, 7) is 7.43. The molecule has 2 atom stereocenters. The van der Waals surface area contributed by atoms with Gasteiger partial charge in [0.05, 0.1) is 12.2 Å². The zero-order valence-corrected chi connectivity index (χ0v) is 14.3. The molecule has 0 aliphatic carbocycles. The highest BCUT2D eigenvalue weighted by molar-refractivity contribution is 5.40. The molecule has 3 rings (SSSR count). The van der Waals surface area contributed by atoms with Gasteiger partial charge in [-0.1, -0.05) is 18.2 Å². The third-order valence-corrected chi connectivity index (χ3v) is 4.12. The molecule has 0 radical (unpaired) electrons. The van der Waals surface area contributed by atoms with Crippen LogP contribution < -0.4 is 10.2 Å². The van der Waals surface area contributed by atoms with Crippen molar-refractivity contribution in [2.45, 2.75) is 39.1 Å². The smallest absolute Gasteiger partial charge is 0.128 e. The number of benzene rings is 1. The second-order valence-corrected chi connectivity index (χ2v) is 6.46. The average Bonchev–Trinajstić information content (AvgIpc) is 2.55. The van der Waals surface area contributed by atoms with Crippen LogP contribution in [0.3, 0.4) is 0 Å². The van der Waals surface area contributed by atoms with Crippen LogP contribution >= 0.6 is 0 Å². The van der Waals surface area contributed by atoms with Crippen LogP contribution in [0.4, 0.5) is 5.82 Å². The van der Waals surface area contributed by atoms with Crippen LogP contribution in [0.1, 0.15) is 25.0 Å². The van der Waals surface area contributed by atoms with Crippen LogP contribution in [-0.2, 0) is 17.8 Å². The molecule has 0 bridgehead atoms. The van der Waals surface area contributed by atoms with E-state index < -0.39 is 0 Å². The van der Waals surface area contributed by atoms with Crippen molar-refractivity contribution in [2.75, 3.05) is 18.0 Å². The van der Waals surface area contributed by atoms with Crippen LogP contribution in [-0.4, -0.2) is 35.4 Å². The molecule has 1 fully saturated rings. The Kier molecular flexibility index (Phi) is 5.33. The van der Waals surface area contributed by atoms with Gasteiger partial charge < -0.3 is 20.1 Å². The highest BCUT2D eigenvalue weighted by Gasteiger charge is 2.22. The maximum atomic E-state index is 9.47. The van der Waals surface area contributed by atoms with Crippen molar-refractivity contribution in [3.8, 4) is 5.75 Å². The van der Waals surface area contributed by atoms with Crippen molar-refractivity contribution in [3.63, 3.8) is 0 Å². The first-order chi connectivity index (χ1) is 11.6. The third kappa shape index (κ3) is 4.46. The number of aromatic nitrogens is 1. The Labute approximate surface area is 143 Å². The van der Waals surface area contributed by atoms with Crippen LogP contribution in [0.15, 0.2) is 42.6 Å². The van der Waals surface area contributed by atoms with Crippen molar-refractivity contribution < 1.29 is 9.84 Å². The largest absolute Gasteiger partial charge is 0.508 e. The van der Waals surface area contributed by atoms with E-state index in [2.05, 4.69) is 41.2 Å². The number of aromatic hydroxyl groups is 1. The molecular formula is C19H25N3O2. The number of nitrogens with one attached hydrogen (secondary N) is 1. The minimum Gasteiger partial charge on any atom is -0.508 e. The van der Waals surface area contributed by atoms with Crippen LogP contribution in [0.5, 0.6) is 5.75 Å². The number of rotatable bonds is 5. The molecule has 0 amide bonds. The van der Waals surface area contributed by atoms with Crippen molar-refractivity contribution >= 4 is 5.82 Å². The molecule has 2 N–H and O–H groups in total. The summed E-state index contributed by atoms with van der Waals surface area (Å²) in [5, 5.41) is 12.8. The molecule has 1 aliphatic heterocycles. The van der Waals surface area contributed by atoms with E-state index in [-0.39, 0.29) is 12.2 Å². The SMILES string of the molecule is CC1CN(c2ccc(CNCc3cccc(O)c3)cn2)CC(C)O1. The number of hydrogen-bond acceptors (Lipinski definition) is 5. The monoisotopic (exact) mass is 327 g/mol. The molecule has 5 nitrogen and oxygen atoms in total. The summed E-state index contributed by atoms with van der Waals surface area (Å²) in [7, 11) is 0. The zero-order valence-electron chi connectivity index (χ0n) is 14.3. The molecule has 2 aromatic rings. The molecule has 2 unspecified atom stereocenters. The topological polar surface area (TPSA) is 57.6 Å². The van der Waals surface area contributed by atoms with Gasteiger partial charge in [0.2, 0.25) is 0 Å². The number of ether oxygens (including phenoxy) is 1. The first kappa shape index (κ1) is 16.7. The number of phenolic OH excluding ortho intramolecular Hbond substituents is 1. The van der Waals surface area contributed by atoms with E-state index in [1.165, 1.54) is 0 Å². The summed E-state index contributed by atoms with van der Waals surface area (Å²) in [6.07, 6.45) is 2.40. The molecule has 1 aromatic carbocycles. The van der Waals surface area contributed by atoms with Crippen molar-refractivity contribution in [2.24, 2.45) is 0 Å². The molecule has 5 heteroatoms. The normalized spacial score (nSPS) is 21.0. The quantitative estimate of drug-likeness (QED) is 0.884. The Bertz CT molecular complexity index is 650. The lowest BCUT2D eigenvalue weighted by Gasteiger charge is -2.36. The van der Waals surface area contributed by atoms with E-state index in [1.54, 1.807) is 12.1 Å². The second kappa shape index (κ2) is 7.64. The van der Waals surface area contributed by atoms with Gasteiger partial charge in [-0.05, 0) is 43.2 Å². The van der Waals surface area contributed by atoms with Gasteiger partial charge in [-0.2, -0.15) is 0 Å². The fraction of sp³-hybridized carbons (Fsp3) is 0.421. The Morgan fingerprint density at radius 3 is 2.54 bits per heavy atom. The van der Waals surface area contributed by atoms with Gasteiger partial charge in [-0.3, -0.25) is 0 Å². The molecule has 0 spiro atoms. The highest BCUT2D eigenvalue weighted by atomic mass is 16.5. The van der Waals surface area contributed by atoms with Crippen LogP contribution in [0.25, 0.3) is 0 Å². The van der Waals surface area contributed by atoms with Gasteiger partial charge in [-0.25, -0.2) is 4.98 Å². The first-order valence-electron chi connectivity index (χ1n) is 8.44. The van der Waals surface area contributed by atoms with E-state index >= 15 is 0 Å². The number of pyridine rings is 1. The van der Waals surface area contributed by atoms with E-state index in [0.29, 0.717) is 12.3 Å². The summed E-state index contributed by atoms with van der Waals surface area (Å²) < 4.78 is 5.77. The molecule has 24 heavy (non-hydrogen) atoms. The van der Waals surface area contributed by atoms with E-state index in [9.17, 15) is 5.11 Å². The van der Waals surface area contributed by atoms with Gasteiger partial charge in [0.15, 0.2) is 0 Å². The van der Waals surface area contributed by atoms with E-state index in [1.807, 2.05) is 18.3 Å². The van der Waals surface area contributed by atoms with Gasteiger partial charge in [0, 0.05) is 32.4 Å². The summed E-state index contributed by atoms with van der Waals surface area (Å²) in [6, 6.07) is 11.5. The van der Waals surface area contributed by atoms with Gasteiger partial charge in [0.25, 0.3) is 0 Å². The van der Waals surface area contributed by atoms with Crippen LogP contribution in [0.2, 0.25) is 0 Å². The number of nitrogens with zero attached hydrogens (tertiary/aromatic N) is 2. The molecule has 2 heterocycles. The maximum absolute atomic E-state index is 9.47. The third-order valence-electron chi connectivity index (χ3n) is 4.12. The van der Waals surface area contributed by atoms with Gasteiger partial charge in [-0.15, -0.1) is 0 Å². The fourth-order valence-electron chi connectivity index (χ4n) is 3.09.